The minimum absolute atomic E-state index is 0. The van der Waals surface area contributed by atoms with Crippen LogP contribution in [-0.2, 0) is 6.54 Å². The maximum atomic E-state index is 5.73. The third-order valence-corrected chi connectivity index (χ3v) is 7.04. The van der Waals surface area contributed by atoms with Gasteiger partial charge in [-0.2, -0.15) is 0 Å². The number of hydrogen-bond acceptors (Lipinski definition) is 4. The Hall–Kier alpha value is -0.830. The maximum Gasteiger partial charge on any atom is 0.208 e. The summed E-state index contributed by atoms with van der Waals surface area (Å²) in [5.41, 5.74) is 1.48. The monoisotopic (exact) mass is 503 g/mol. The van der Waals surface area contributed by atoms with Gasteiger partial charge in [-0.3, -0.25) is 9.89 Å². The van der Waals surface area contributed by atoms with Gasteiger partial charge in [0.2, 0.25) is 5.89 Å². The van der Waals surface area contributed by atoms with E-state index in [1.165, 1.54) is 12.8 Å². The average Bonchev–Trinajstić information content (AvgIpc) is 2.93. The summed E-state index contributed by atoms with van der Waals surface area (Å²) in [4.78, 5) is 13.9. The number of piperidine rings is 1. The van der Waals surface area contributed by atoms with Gasteiger partial charge in [0.15, 0.2) is 5.96 Å². The van der Waals surface area contributed by atoms with Crippen LogP contribution in [-0.4, -0.2) is 59.5 Å². The summed E-state index contributed by atoms with van der Waals surface area (Å²) in [5, 5.41) is 3.64. The molecule has 3 rings (SSSR count). The van der Waals surface area contributed by atoms with Crippen LogP contribution in [0.3, 0.4) is 0 Å². The van der Waals surface area contributed by atoms with Gasteiger partial charge in [-0.05, 0) is 59.5 Å². The molecule has 0 unspecified atom stereocenters. The normalized spacial score (nSPS) is 22.5. The largest absolute Gasteiger partial charge is 0.444 e. The van der Waals surface area contributed by atoms with E-state index in [2.05, 4.69) is 52.8 Å². The topological polar surface area (TPSA) is 56.9 Å². The fraction of sp³-hybridized carbons (Fsp3) is 0.810. The maximum absolute atomic E-state index is 5.73. The fourth-order valence-corrected chi connectivity index (χ4v) is 4.08. The summed E-state index contributed by atoms with van der Waals surface area (Å²) < 4.78 is 5.73. The molecule has 0 amide bonds. The van der Waals surface area contributed by atoms with E-state index in [4.69, 9.17) is 4.42 Å². The van der Waals surface area contributed by atoms with Crippen molar-refractivity contribution >= 4 is 29.9 Å². The number of likely N-dealkylation sites (tertiary alicyclic amines) is 2. The Morgan fingerprint density at radius 1 is 1.21 bits per heavy atom. The number of hydrogen-bond donors (Lipinski definition) is 1. The number of nitrogens with zero attached hydrogens (tertiary/aromatic N) is 4. The number of halogens is 1. The molecule has 6 nitrogen and oxygen atoms in total. The lowest BCUT2D eigenvalue weighted by molar-refractivity contribution is -0.0668. The standard InChI is InChI=1S/C21H37N5O.HI/c1-15-16(2)27-18(24-15)13-25-10-8-17(9-11-25)12-23-19(22-7)26-14-20(3,4)21(26,5)6;/h17H,8-14H2,1-7H3,(H,22,23);1H. The van der Waals surface area contributed by atoms with Gasteiger partial charge in [0.05, 0.1) is 12.2 Å². The zero-order chi connectivity index (χ0) is 19.8. The molecule has 2 fully saturated rings. The Kier molecular flexibility index (Phi) is 7.45. The first kappa shape index (κ1) is 23.4. The first-order valence-corrected chi connectivity index (χ1v) is 10.3. The van der Waals surface area contributed by atoms with Crippen molar-refractivity contribution in [2.24, 2.45) is 16.3 Å². The molecule has 0 atom stereocenters. The molecule has 0 aliphatic carbocycles. The summed E-state index contributed by atoms with van der Waals surface area (Å²) in [5.74, 6) is 3.54. The highest BCUT2D eigenvalue weighted by Crippen LogP contribution is 2.46. The quantitative estimate of drug-likeness (QED) is 0.385. The van der Waals surface area contributed by atoms with E-state index in [0.717, 1.165) is 56.0 Å². The second-order valence-electron chi connectivity index (χ2n) is 9.43. The van der Waals surface area contributed by atoms with Crippen molar-refractivity contribution in [3.63, 3.8) is 0 Å². The minimum Gasteiger partial charge on any atom is -0.444 e. The molecule has 28 heavy (non-hydrogen) atoms. The molecule has 3 heterocycles. The summed E-state index contributed by atoms with van der Waals surface area (Å²) in [6.07, 6.45) is 2.41. The van der Waals surface area contributed by atoms with Gasteiger partial charge in [0, 0.05) is 31.1 Å². The predicted molar refractivity (Wildman–Crippen MR) is 125 cm³/mol. The summed E-state index contributed by atoms with van der Waals surface area (Å²) in [6.45, 7) is 18.4. The smallest absolute Gasteiger partial charge is 0.208 e. The first-order chi connectivity index (χ1) is 12.6. The molecular formula is C21H38IN5O. The third kappa shape index (κ3) is 4.66. The number of oxazole rings is 1. The molecule has 1 N–H and O–H groups in total. The van der Waals surface area contributed by atoms with E-state index < -0.39 is 0 Å². The van der Waals surface area contributed by atoms with Crippen molar-refractivity contribution in [1.29, 1.82) is 0 Å². The fourth-order valence-electron chi connectivity index (χ4n) is 4.08. The molecule has 1 aromatic rings. The molecule has 2 aliphatic rings. The van der Waals surface area contributed by atoms with Crippen molar-refractivity contribution in [3.05, 3.63) is 17.3 Å². The van der Waals surface area contributed by atoms with Crippen LogP contribution >= 0.6 is 24.0 Å². The van der Waals surface area contributed by atoms with Crippen molar-refractivity contribution in [2.75, 3.05) is 33.2 Å². The Balaban J connectivity index is 0.00000280. The highest BCUT2D eigenvalue weighted by atomic mass is 127. The molecule has 2 aliphatic heterocycles. The summed E-state index contributed by atoms with van der Waals surface area (Å²) in [6, 6.07) is 0. The number of aromatic nitrogens is 1. The van der Waals surface area contributed by atoms with E-state index in [-0.39, 0.29) is 29.5 Å². The molecule has 160 valence electrons. The molecule has 0 bridgehead atoms. The van der Waals surface area contributed by atoms with E-state index in [9.17, 15) is 0 Å². The van der Waals surface area contributed by atoms with E-state index in [1.807, 2.05) is 20.9 Å². The molecule has 2 saturated heterocycles. The summed E-state index contributed by atoms with van der Waals surface area (Å²) in [7, 11) is 1.90. The van der Waals surface area contributed by atoms with Crippen LogP contribution in [0.15, 0.2) is 9.41 Å². The number of aryl methyl sites for hydroxylation is 2. The van der Waals surface area contributed by atoms with Gasteiger partial charge in [-0.15, -0.1) is 24.0 Å². The van der Waals surface area contributed by atoms with Crippen LogP contribution in [0.1, 0.15) is 57.9 Å². The van der Waals surface area contributed by atoms with Crippen molar-refractivity contribution < 1.29 is 4.42 Å². The minimum atomic E-state index is 0. The summed E-state index contributed by atoms with van der Waals surface area (Å²) >= 11 is 0. The molecule has 1 aromatic heterocycles. The van der Waals surface area contributed by atoms with E-state index >= 15 is 0 Å². The van der Waals surface area contributed by atoms with Crippen molar-refractivity contribution in [1.82, 2.24) is 20.1 Å². The van der Waals surface area contributed by atoms with Crippen molar-refractivity contribution in [3.8, 4) is 0 Å². The number of nitrogens with one attached hydrogen (secondary N) is 1. The lowest BCUT2D eigenvalue weighted by atomic mass is 9.65. The van der Waals surface area contributed by atoms with Crippen LogP contribution in [0.4, 0.5) is 0 Å². The number of aliphatic imine (C=N–C) groups is 1. The van der Waals surface area contributed by atoms with Gasteiger partial charge in [0.25, 0.3) is 0 Å². The van der Waals surface area contributed by atoms with Gasteiger partial charge in [-0.1, -0.05) is 13.8 Å². The molecular weight excluding hydrogens is 465 g/mol. The lowest BCUT2D eigenvalue weighted by Crippen LogP contribution is -2.72. The van der Waals surface area contributed by atoms with Crippen LogP contribution < -0.4 is 5.32 Å². The highest BCUT2D eigenvalue weighted by molar-refractivity contribution is 14.0. The Bertz CT molecular complexity index is 669. The van der Waals surface area contributed by atoms with E-state index in [1.54, 1.807) is 0 Å². The predicted octanol–water partition coefficient (Wildman–Crippen LogP) is 3.82. The molecule has 0 radical (unpaired) electrons. The molecule has 0 aromatic carbocycles. The Morgan fingerprint density at radius 3 is 2.32 bits per heavy atom. The van der Waals surface area contributed by atoms with Gasteiger partial charge in [0.1, 0.15) is 5.76 Å². The number of rotatable bonds is 4. The van der Waals surface area contributed by atoms with Gasteiger partial charge < -0.3 is 14.6 Å². The Labute approximate surface area is 187 Å². The second-order valence-corrected chi connectivity index (χ2v) is 9.43. The third-order valence-electron chi connectivity index (χ3n) is 7.04. The van der Waals surface area contributed by atoms with Crippen molar-refractivity contribution in [2.45, 2.75) is 66.5 Å². The van der Waals surface area contributed by atoms with Crippen LogP contribution in [0.25, 0.3) is 0 Å². The molecule has 7 heteroatoms. The first-order valence-electron chi connectivity index (χ1n) is 10.3. The number of guanidine groups is 1. The molecule has 0 saturated carbocycles. The second kappa shape index (κ2) is 8.90. The SMILES string of the molecule is CN=C(NCC1CCN(Cc2nc(C)c(C)o2)CC1)N1CC(C)(C)C1(C)C.I. The average molecular weight is 503 g/mol. The van der Waals surface area contributed by atoms with Crippen LogP contribution in [0, 0.1) is 25.2 Å². The lowest BCUT2D eigenvalue weighted by Gasteiger charge is -2.62. The highest BCUT2D eigenvalue weighted by Gasteiger charge is 2.53. The molecule has 0 spiro atoms. The Morgan fingerprint density at radius 2 is 1.86 bits per heavy atom. The van der Waals surface area contributed by atoms with E-state index in [0.29, 0.717) is 11.3 Å². The zero-order valence-corrected chi connectivity index (χ0v) is 21.0. The van der Waals surface area contributed by atoms with Gasteiger partial charge >= 0.3 is 0 Å². The zero-order valence-electron chi connectivity index (χ0n) is 18.6. The van der Waals surface area contributed by atoms with Crippen LogP contribution in [0.2, 0.25) is 0 Å². The van der Waals surface area contributed by atoms with Crippen LogP contribution in [0.5, 0.6) is 0 Å². The van der Waals surface area contributed by atoms with Gasteiger partial charge in [-0.25, -0.2) is 4.98 Å².